The third kappa shape index (κ3) is 4.02. The maximum absolute atomic E-state index is 13.5. The Morgan fingerprint density at radius 1 is 1.10 bits per heavy atom. The van der Waals surface area contributed by atoms with Crippen molar-refractivity contribution < 1.29 is 13.6 Å². The normalized spacial score (nSPS) is 10.4. The summed E-state index contributed by atoms with van der Waals surface area (Å²) in [7, 11) is 0. The third-order valence-electron chi connectivity index (χ3n) is 3.10. The molecule has 0 heterocycles. The third-order valence-corrected chi connectivity index (χ3v) is 3.10. The number of amides is 1. The SMILES string of the molecule is Nc1cc(C(=O)NCCCc2ccccc2)c(F)cc1F. The van der Waals surface area contributed by atoms with Gasteiger partial charge >= 0.3 is 0 Å². The second-order valence-electron chi connectivity index (χ2n) is 4.70. The van der Waals surface area contributed by atoms with Crippen LogP contribution in [0, 0.1) is 11.6 Å². The summed E-state index contributed by atoms with van der Waals surface area (Å²) < 4.78 is 26.5. The maximum atomic E-state index is 13.5. The Morgan fingerprint density at radius 2 is 1.81 bits per heavy atom. The first-order valence-electron chi connectivity index (χ1n) is 6.64. The summed E-state index contributed by atoms with van der Waals surface area (Å²) in [6, 6.07) is 11.5. The van der Waals surface area contributed by atoms with E-state index in [1.165, 1.54) is 5.56 Å². The molecule has 2 rings (SSSR count). The van der Waals surface area contributed by atoms with Gasteiger partial charge < -0.3 is 11.1 Å². The second-order valence-corrected chi connectivity index (χ2v) is 4.70. The molecule has 0 aromatic heterocycles. The van der Waals surface area contributed by atoms with Crippen LogP contribution in [0.2, 0.25) is 0 Å². The largest absolute Gasteiger partial charge is 0.396 e. The Morgan fingerprint density at radius 3 is 2.52 bits per heavy atom. The minimum absolute atomic E-state index is 0.242. The molecule has 0 aliphatic rings. The summed E-state index contributed by atoms with van der Waals surface area (Å²) in [5, 5.41) is 2.60. The molecule has 1 amide bonds. The molecule has 3 N–H and O–H groups in total. The maximum Gasteiger partial charge on any atom is 0.254 e. The molecule has 110 valence electrons. The van der Waals surface area contributed by atoms with E-state index in [-0.39, 0.29) is 11.3 Å². The number of benzene rings is 2. The molecule has 3 nitrogen and oxygen atoms in total. The summed E-state index contributed by atoms with van der Waals surface area (Å²) in [6.45, 7) is 0.407. The highest BCUT2D eigenvalue weighted by Crippen LogP contribution is 2.16. The molecule has 2 aromatic carbocycles. The second kappa shape index (κ2) is 6.83. The van der Waals surface area contributed by atoms with Crippen molar-refractivity contribution in [1.82, 2.24) is 5.32 Å². The number of halogens is 2. The number of anilines is 1. The van der Waals surface area contributed by atoms with Gasteiger partial charge in [-0.15, -0.1) is 0 Å². The van der Waals surface area contributed by atoms with Crippen LogP contribution in [0.1, 0.15) is 22.3 Å². The van der Waals surface area contributed by atoms with E-state index in [2.05, 4.69) is 5.32 Å². The Hall–Kier alpha value is -2.43. The van der Waals surface area contributed by atoms with Crippen molar-refractivity contribution in [1.29, 1.82) is 0 Å². The van der Waals surface area contributed by atoms with Gasteiger partial charge in [-0.3, -0.25) is 4.79 Å². The highest BCUT2D eigenvalue weighted by atomic mass is 19.1. The summed E-state index contributed by atoms with van der Waals surface area (Å²) in [5.74, 6) is -2.37. The van der Waals surface area contributed by atoms with Gasteiger partial charge in [0, 0.05) is 12.6 Å². The van der Waals surface area contributed by atoms with Crippen molar-refractivity contribution >= 4 is 11.6 Å². The van der Waals surface area contributed by atoms with Crippen molar-refractivity contribution in [2.45, 2.75) is 12.8 Å². The first-order valence-corrected chi connectivity index (χ1v) is 6.64. The summed E-state index contributed by atoms with van der Waals surface area (Å²) >= 11 is 0. The van der Waals surface area contributed by atoms with Crippen molar-refractivity contribution in [3.63, 3.8) is 0 Å². The van der Waals surface area contributed by atoms with Crippen molar-refractivity contribution in [2.24, 2.45) is 0 Å². The number of aryl methyl sites for hydroxylation is 1. The van der Waals surface area contributed by atoms with Gasteiger partial charge in [-0.2, -0.15) is 0 Å². The average Bonchev–Trinajstić information content (AvgIpc) is 2.48. The standard InChI is InChI=1S/C16H16F2N2O/c17-13-10-14(18)15(19)9-12(13)16(21)20-8-4-7-11-5-2-1-3-6-11/h1-3,5-6,9-10H,4,7-8,19H2,(H,20,21). The molecule has 0 atom stereocenters. The Bertz CT molecular complexity index is 630. The topological polar surface area (TPSA) is 55.1 Å². The highest BCUT2D eigenvalue weighted by Gasteiger charge is 2.14. The van der Waals surface area contributed by atoms with Gasteiger partial charge in [-0.05, 0) is 24.5 Å². The first-order chi connectivity index (χ1) is 10.1. The van der Waals surface area contributed by atoms with Crippen LogP contribution in [0.3, 0.4) is 0 Å². The first kappa shape index (κ1) is 15.0. The fourth-order valence-electron chi connectivity index (χ4n) is 1.97. The van der Waals surface area contributed by atoms with E-state index in [1.807, 2.05) is 30.3 Å². The monoisotopic (exact) mass is 290 g/mol. The Labute approximate surface area is 121 Å². The van der Waals surface area contributed by atoms with Crippen LogP contribution in [0.15, 0.2) is 42.5 Å². The van der Waals surface area contributed by atoms with Crippen LogP contribution >= 0.6 is 0 Å². The molecule has 0 aliphatic heterocycles. The molecular formula is C16H16F2N2O. The number of nitrogens with one attached hydrogen (secondary N) is 1. The lowest BCUT2D eigenvalue weighted by Crippen LogP contribution is -2.26. The van der Waals surface area contributed by atoms with Gasteiger partial charge in [0.05, 0.1) is 11.3 Å². The Kier molecular flexibility index (Phi) is 4.87. The molecule has 2 aromatic rings. The lowest BCUT2D eigenvalue weighted by atomic mass is 10.1. The van der Waals surface area contributed by atoms with E-state index in [1.54, 1.807) is 0 Å². The number of nitrogen functional groups attached to an aromatic ring is 1. The van der Waals surface area contributed by atoms with Gasteiger partial charge in [0.15, 0.2) is 0 Å². The smallest absolute Gasteiger partial charge is 0.254 e. The molecule has 0 fully saturated rings. The number of hydrogen-bond acceptors (Lipinski definition) is 2. The molecular weight excluding hydrogens is 274 g/mol. The van der Waals surface area contributed by atoms with E-state index < -0.39 is 17.5 Å². The van der Waals surface area contributed by atoms with E-state index >= 15 is 0 Å². The zero-order valence-corrected chi connectivity index (χ0v) is 11.4. The fourth-order valence-corrected chi connectivity index (χ4v) is 1.97. The van der Waals surface area contributed by atoms with Gasteiger partial charge in [0.1, 0.15) is 11.6 Å². The zero-order valence-electron chi connectivity index (χ0n) is 11.4. The number of rotatable bonds is 5. The molecule has 0 saturated carbocycles. The molecule has 0 spiro atoms. The number of carbonyl (C=O) groups excluding carboxylic acids is 1. The highest BCUT2D eigenvalue weighted by molar-refractivity contribution is 5.95. The molecule has 0 bridgehead atoms. The summed E-state index contributed by atoms with van der Waals surface area (Å²) in [6.07, 6.45) is 1.54. The van der Waals surface area contributed by atoms with Crippen LogP contribution < -0.4 is 11.1 Å². The van der Waals surface area contributed by atoms with Crippen LogP contribution in [-0.4, -0.2) is 12.5 Å². The van der Waals surface area contributed by atoms with Crippen LogP contribution in [-0.2, 0) is 6.42 Å². The van der Waals surface area contributed by atoms with E-state index in [4.69, 9.17) is 5.73 Å². The van der Waals surface area contributed by atoms with Crippen molar-refractivity contribution in [3.8, 4) is 0 Å². The van der Waals surface area contributed by atoms with Gasteiger partial charge in [0.25, 0.3) is 5.91 Å². The van der Waals surface area contributed by atoms with Crippen molar-refractivity contribution in [3.05, 3.63) is 65.2 Å². The number of carbonyl (C=O) groups is 1. The molecule has 5 heteroatoms. The van der Waals surface area contributed by atoms with Gasteiger partial charge in [-0.1, -0.05) is 30.3 Å². The summed E-state index contributed by atoms with van der Waals surface area (Å²) in [4.78, 5) is 11.8. The molecule has 0 aliphatic carbocycles. The predicted molar refractivity (Wildman–Crippen MR) is 77.9 cm³/mol. The molecule has 0 saturated heterocycles. The quantitative estimate of drug-likeness (QED) is 0.657. The van der Waals surface area contributed by atoms with Crippen LogP contribution in [0.25, 0.3) is 0 Å². The molecule has 21 heavy (non-hydrogen) atoms. The number of hydrogen-bond donors (Lipinski definition) is 2. The fraction of sp³-hybridized carbons (Fsp3) is 0.188. The minimum atomic E-state index is -0.915. The zero-order chi connectivity index (χ0) is 15.2. The van der Waals surface area contributed by atoms with Gasteiger partial charge in [-0.25, -0.2) is 8.78 Å². The summed E-state index contributed by atoms with van der Waals surface area (Å²) in [5.41, 5.74) is 6.02. The lowest BCUT2D eigenvalue weighted by molar-refractivity contribution is 0.0949. The van der Waals surface area contributed by atoms with E-state index in [0.29, 0.717) is 12.6 Å². The van der Waals surface area contributed by atoms with E-state index in [9.17, 15) is 13.6 Å². The molecule has 0 radical (unpaired) electrons. The minimum Gasteiger partial charge on any atom is -0.396 e. The van der Waals surface area contributed by atoms with Crippen molar-refractivity contribution in [2.75, 3.05) is 12.3 Å². The van der Waals surface area contributed by atoms with Crippen LogP contribution in [0.5, 0.6) is 0 Å². The van der Waals surface area contributed by atoms with Crippen LogP contribution in [0.4, 0.5) is 14.5 Å². The van der Waals surface area contributed by atoms with Gasteiger partial charge in [0.2, 0.25) is 0 Å². The Balaban J connectivity index is 1.86. The number of nitrogens with two attached hydrogens (primary N) is 1. The lowest BCUT2D eigenvalue weighted by Gasteiger charge is -2.07. The predicted octanol–water partition coefficient (Wildman–Crippen LogP) is 2.91. The van der Waals surface area contributed by atoms with E-state index in [0.717, 1.165) is 18.9 Å². The average molecular weight is 290 g/mol. The molecule has 0 unspecified atom stereocenters.